The van der Waals surface area contributed by atoms with Gasteiger partial charge in [0.05, 0.1) is 6.33 Å². The molecule has 3 aromatic rings. The molecule has 12 heteroatoms. The summed E-state index contributed by atoms with van der Waals surface area (Å²) >= 11 is 0. The third kappa shape index (κ3) is 4.10. The number of carbonyl (C=O) groups excluding carboxylic acids is 2. The summed E-state index contributed by atoms with van der Waals surface area (Å²) < 4.78 is 7.06. The highest BCUT2D eigenvalue weighted by Crippen LogP contribution is 2.32. The average Bonchev–Trinajstić information content (AvgIpc) is 3.33. The number of rotatable bonds is 6. The first-order chi connectivity index (χ1) is 15.4. The van der Waals surface area contributed by atoms with Gasteiger partial charge in [-0.1, -0.05) is 12.1 Å². The monoisotopic (exact) mass is 441 g/mol. The van der Waals surface area contributed by atoms with Crippen LogP contribution in [0.15, 0.2) is 36.9 Å². The number of nitrogens with zero attached hydrogens (tertiary/aromatic N) is 4. The van der Waals surface area contributed by atoms with Crippen molar-refractivity contribution < 1.29 is 24.5 Å². The number of amides is 2. The van der Waals surface area contributed by atoms with E-state index in [0.29, 0.717) is 29.2 Å². The summed E-state index contributed by atoms with van der Waals surface area (Å²) in [6.07, 6.45) is -2.26. The van der Waals surface area contributed by atoms with E-state index in [1.165, 1.54) is 31.2 Å². The van der Waals surface area contributed by atoms with E-state index in [9.17, 15) is 19.8 Å². The van der Waals surface area contributed by atoms with Gasteiger partial charge in [0.2, 0.25) is 5.91 Å². The molecule has 5 N–H and O–H groups in total. The number of nitrogens with one attached hydrogen (secondary N) is 3. The molecule has 0 radical (unpaired) electrons. The molecule has 0 unspecified atom stereocenters. The SMILES string of the molecule is CNC(=O)[C@H]1O[C@@H](n2cnc3c(NCc4cccc(NC(C)=O)c4)ncnc32)[C@H](O)[C@@H]1O. The van der Waals surface area contributed by atoms with E-state index in [1.807, 2.05) is 18.2 Å². The second-order valence-electron chi connectivity index (χ2n) is 7.32. The number of aliphatic hydroxyl groups excluding tert-OH is 2. The Morgan fingerprint density at radius 1 is 1.19 bits per heavy atom. The minimum atomic E-state index is -1.40. The fourth-order valence-corrected chi connectivity index (χ4v) is 3.56. The number of benzene rings is 1. The van der Waals surface area contributed by atoms with Crippen LogP contribution in [-0.4, -0.2) is 66.9 Å². The molecule has 168 valence electrons. The van der Waals surface area contributed by atoms with Gasteiger partial charge in [-0.15, -0.1) is 0 Å². The normalized spacial score (nSPS) is 22.6. The molecule has 12 nitrogen and oxygen atoms in total. The molecule has 3 heterocycles. The van der Waals surface area contributed by atoms with E-state index < -0.39 is 30.4 Å². The fraction of sp³-hybridized carbons (Fsp3) is 0.350. The van der Waals surface area contributed by atoms with Crippen molar-refractivity contribution in [3.05, 3.63) is 42.5 Å². The number of carbonyl (C=O) groups is 2. The Morgan fingerprint density at radius 3 is 2.75 bits per heavy atom. The number of anilines is 2. The highest BCUT2D eigenvalue weighted by atomic mass is 16.6. The lowest BCUT2D eigenvalue weighted by molar-refractivity contribution is -0.137. The maximum atomic E-state index is 11.9. The van der Waals surface area contributed by atoms with Gasteiger partial charge in [0.15, 0.2) is 29.3 Å². The zero-order valence-electron chi connectivity index (χ0n) is 17.4. The van der Waals surface area contributed by atoms with Crippen LogP contribution in [0.1, 0.15) is 18.7 Å². The molecule has 2 aromatic heterocycles. The number of aliphatic hydroxyl groups is 2. The van der Waals surface area contributed by atoms with Gasteiger partial charge >= 0.3 is 0 Å². The minimum Gasteiger partial charge on any atom is -0.387 e. The van der Waals surface area contributed by atoms with Crippen molar-refractivity contribution in [3.8, 4) is 0 Å². The van der Waals surface area contributed by atoms with E-state index >= 15 is 0 Å². The van der Waals surface area contributed by atoms with Crippen molar-refractivity contribution in [2.75, 3.05) is 17.7 Å². The van der Waals surface area contributed by atoms with Crippen LogP contribution in [-0.2, 0) is 20.9 Å². The molecule has 1 fully saturated rings. The highest BCUT2D eigenvalue weighted by Gasteiger charge is 2.47. The van der Waals surface area contributed by atoms with Crippen LogP contribution in [0.2, 0.25) is 0 Å². The second-order valence-corrected chi connectivity index (χ2v) is 7.32. The average molecular weight is 441 g/mol. The highest BCUT2D eigenvalue weighted by molar-refractivity contribution is 5.88. The zero-order valence-corrected chi connectivity index (χ0v) is 17.4. The number of hydrogen-bond acceptors (Lipinski definition) is 9. The van der Waals surface area contributed by atoms with Crippen molar-refractivity contribution in [1.29, 1.82) is 0 Å². The van der Waals surface area contributed by atoms with Crippen molar-refractivity contribution in [1.82, 2.24) is 24.8 Å². The van der Waals surface area contributed by atoms with Gasteiger partial charge < -0.3 is 30.9 Å². The lowest BCUT2D eigenvalue weighted by Gasteiger charge is -2.16. The predicted octanol–water partition coefficient (Wildman–Crippen LogP) is -0.238. The van der Waals surface area contributed by atoms with E-state index in [4.69, 9.17) is 4.74 Å². The number of fused-ring (bicyclic) bond motifs is 1. The van der Waals surface area contributed by atoms with Crippen LogP contribution < -0.4 is 16.0 Å². The maximum Gasteiger partial charge on any atom is 0.251 e. The summed E-state index contributed by atoms with van der Waals surface area (Å²) in [6.45, 7) is 1.85. The van der Waals surface area contributed by atoms with Crippen molar-refractivity contribution in [2.45, 2.75) is 38.0 Å². The third-order valence-corrected chi connectivity index (χ3v) is 5.08. The molecule has 0 saturated carbocycles. The van der Waals surface area contributed by atoms with Crippen molar-refractivity contribution in [3.63, 3.8) is 0 Å². The standard InChI is InChI=1S/C20H23N7O5/c1-10(28)26-12-5-3-4-11(6-12)7-22-17-13-18(24-8-23-17)27(9-25-13)20-15(30)14(29)16(32-20)19(31)21-2/h3-6,8-9,14-16,20,29-30H,7H2,1-2H3,(H,21,31)(H,26,28)(H,22,23,24)/t14-,15+,16-,20+/m0/s1. The van der Waals surface area contributed by atoms with E-state index in [1.54, 1.807) is 6.07 Å². The van der Waals surface area contributed by atoms with Gasteiger partial charge in [0, 0.05) is 26.2 Å². The molecule has 0 aliphatic carbocycles. The molecule has 1 aliphatic heterocycles. The topological polar surface area (TPSA) is 164 Å². The summed E-state index contributed by atoms with van der Waals surface area (Å²) in [7, 11) is 1.42. The summed E-state index contributed by atoms with van der Waals surface area (Å²) in [5, 5.41) is 28.9. The minimum absolute atomic E-state index is 0.154. The molecule has 2 amide bonds. The first kappa shape index (κ1) is 21.6. The van der Waals surface area contributed by atoms with Gasteiger partial charge in [-0.3, -0.25) is 14.2 Å². The summed E-state index contributed by atoms with van der Waals surface area (Å²) in [5.74, 6) is -0.241. The lowest BCUT2D eigenvalue weighted by atomic mass is 10.1. The van der Waals surface area contributed by atoms with Crippen molar-refractivity contribution >= 4 is 34.5 Å². The Balaban J connectivity index is 1.55. The van der Waals surface area contributed by atoms with Gasteiger partial charge in [-0.05, 0) is 17.7 Å². The van der Waals surface area contributed by atoms with E-state index in [0.717, 1.165) is 5.56 Å². The van der Waals surface area contributed by atoms with Gasteiger partial charge in [0.25, 0.3) is 5.91 Å². The molecular formula is C20H23N7O5. The number of ether oxygens (including phenoxy) is 1. The van der Waals surface area contributed by atoms with Crippen LogP contribution in [0.5, 0.6) is 0 Å². The van der Waals surface area contributed by atoms with Crippen molar-refractivity contribution in [2.24, 2.45) is 0 Å². The number of hydrogen-bond donors (Lipinski definition) is 5. The Hall–Kier alpha value is -3.61. The summed E-state index contributed by atoms with van der Waals surface area (Å²) in [5.41, 5.74) is 2.39. The van der Waals surface area contributed by atoms with Crippen LogP contribution >= 0.6 is 0 Å². The zero-order chi connectivity index (χ0) is 22.8. The molecule has 1 saturated heterocycles. The fourth-order valence-electron chi connectivity index (χ4n) is 3.56. The first-order valence-corrected chi connectivity index (χ1v) is 9.90. The van der Waals surface area contributed by atoms with Crippen LogP contribution in [0.4, 0.5) is 11.5 Å². The molecule has 0 spiro atoms. The molecular weight excluding hydrogens is 418 g/mol. The Morgan fingerprint density at radius 2 is 2.00 bits per heavy atom. The number of imidazole rings is 1. The Bertz CT molecular complexity index is 1150. The van der Waals surface area contributed by atoms with Gasteiger partial charge in [-0.2, -0.15) is 0 Å². The third-order valence-electron chi connectivity index (χ3n) is 5.08. The lowest BCUT2D eigenvalue weighted by Crippen LogP contribution is -2.41. The second kappa shape index (κ2) is 8.86. The first-order valence-electron chi connectivity index (χ1n) is 9.90. The Kier molecular flexibility index (Phi) is 5.99. The molecule has 4 atom stereocenters. The van der Waals surface area contributed by atoms with Crippen LogP contribution in [0, 0.1) is 0 Å². The number of aromatic nitrogens is 4. The van der Waals surface area contributed by atoms with Crippen LogP contribution in [0.25, 0.3) is 11.2 Å². The maximum absolute atomic E-state index is 11.9. The molecule has 1 aromatic carbocycles. The molecule has 32 heavy (non-hydrogen) atoms. The Labute approximate surface area is 182 Å². The largest absolute Gasteiger partial charge is 0.387 e. The summed E-state index contributed by atoms with van der Waals surface area (Å²) in [6, 6.07) is 7.37. The smallest absolute Gasteiger partial charge is 0.251 e. The van der Waals surface area contributed by atoms with Gasteiger partial charge in [0.1, 0.15) is 18.5 Å². The molecule has 0 bridgehead atoms. The number of likely N-dealkylation sites (N-methyl/N-ethyl adjacent to an activating group) is 1. The quantitative estimate of drug-likeness (QED) is 0.347. The van der Waals surface area contributed by atoms with E-state index in [-0.39, 0.29) is 5.91 Å². The summed E-state index contributed by atoms with van der Waals surface area (Å²) in [4.78, 5) is 36.0. The van der Waals surface area contributed by atoms with E-state index in [2.05, 4.69) is 30.9 Å². The molecule has 1 aliphatic rings. The van der Waals surface area contributed by atoms with Crippen LogP contribution in [0.3, 0.4) is 0 Å². The predicted molar refractivity (Wildman–Crippen MR) is 113 cm³/mol. The van der Waals surface area contributed by atoms with Gasteiger partial charge in [-0.25, -0.2) is 15.0 Å². The molecule has 4 rings (SSSR count).